The molecule has 1 saturated carbocycles. The van der Waals surface area contributed by atoms with Crippen molar-refractivity contribution in [3.05, 3.63) is 0 Å². The van der Waals surface area contributed by atoms with Gasteiger partial charge in [0.25, 0.3) is 0 Å². The van der Waals surface area contributed by atoms with Crippen LogP contribution in [0.25, 0.3) is 0 Å². The first kappa shape index (κ1) is 14.4. The first-order valence-corrected chi connectivity index (χ1v) is 7.18. The number of rotatable bonds is 8. The topological polar surface area (TPSA) is 66.4 Å². The van der Waals surface area contributed by atoms with E-state index in [0.717, 1.165) is 24.3 Å². The van der Waals surface area contributed by atoms with Crippen molar-refractivity contribution in [2.24, 2.45) is 5.41 Å². The molecule has 4 nitrogen and oxygen atoms in total. The second kappa shape index (κ2) is 6.28. The van der Waals surface area contributed by atoms with Crippen molar-refractivity contribution in [1.82, 2.24) is 5.32 Å². The van der Waals surface area contributed by atoms with E-state index in [1.54, 1.807) is 11.8 Å². The van der Waals surface area contributed by atoms with E-state index >= 15 is 0 Å². The first-order chi connectivity index (χ1) is 7.93. The van der Waals surface area contributed by atoms with Crippen LogP contribution in [0, 0.1) is 5.41 Å². The highest BCUT2D eigenvalue weighted by Gasteiger charge is 2.43. The fourth-order valence-corrected chi connectivity index (χ4v) is 3.02. The van der Waals surface area contributed by atoms with Crippen LogP contribution in [-0.4, -0.2) is 34.5 Å². The summed E-state index contributed by atoms with van der Waals surface area (Å²) in [4.78, 5) is 22.0. The normalized spacial score (nSPS) is 16.9. The minimum atomic E-state index is -0.708. The van der Waals surface area contributed by atoms with Crippen molar-refractivity contribution in [3.63, 3.8) is 0 Å². The lowest BCUT2D eigenvalue weighted by molar-refractivity contribution is -0.138. The van der Waals surface area contributed by atoms with Crippen molar-refractivity contribution in [3.8, 4) is 0 Å². The molecule has 0 aliphatic heterocycles. The largest absolute Gasteiger partial charge is 0.481 e. The smallest absolute Gasteiger partial charge is 0.303 e. The van der Waals surface area contributed by atoms with Crippen LogP contribution >= 0.6 is 11.8 Å². The maximum absolute atomic E-state index is 11.4. The Morgan fingerprint density at radius 1 is 1.41 bits per heavy atom. The number of carbonyl (C=O) groups is 2. The maximum Gasteiger partial charge on any atom is 0.303 e. The monoisotopic (exact) mass is 259 g/mol. The lowest BCUT2D eigenvalue weighted by Gasteiger charge is -2.12. The molecule has 0 unspecified atom stereocenters. The van der Waals surface area contributed by atoms with E-state index in [0.29, 0.717) is 6.42 Å². The molecule has 0 aromatic heterocycles. The molecular weight excluding hydrogens is 238 g/mol. The zero-order valence-electron chi connectivity index (χ0n) is 10.5. The second-order valence-corrected chi connectivity index (χ2v) is 6.20. The molecular formula is C12H21NO3S. The molecule has 0 aromatic carbocycles. The summed E-state index contributed by atoms with van der Waals surface area (Å²) in [5.41, 5.74) is 0.0328. The van der Waals surface area contributed by atoms with Crippen LogP contribution in [0.1, 0.15) is 39.5 Å². The minimum absolute atomic E-state index is 0.0328. The molecule has 1 amide bonds. The molecule has 0 radical (unpaired) electrons. The Balaban J connectivity index is 2.08. The van der Waals surface area contributed by atoms with E-state index in [2.05, 4.69) is 5.32 Å². The third-order valence-electron chi connectivity index (χ3n) is 2.81. The summed E-state index contributed by atoms with van der Waals surface area (Å²) in [5.74, 6) is 1.02. The summed E-state index contributed by atoms with van der Waals surface area (Å²) in [5, 5.41) is 11.6. The highest BCUT2D eigenvalue weighted by Crippen LogP contribution is 2.51. The standard InChI is InChI=1S/C12H21NO3S/c1-9(2)13-10(14)3-6-17-8-12(4-5-12)7-11(15)16/h9H,3-8H2,1-2H3,(H,13,14)(H,15,16). The van der Waals surface area contributed by atoms with Crippen molar-refractivity contribution >= 4 is 23.6 Å². The average molecular weight is 259 g/mol. The van der Waals surface area contributed by atoms with Crippen molar-refractivity contribution in [2.45, 2.75) is 45.6 Å². The highest BCUT2D eigenvalue weighted by atomic mass is 32.2. The van der Waals surface area contributed by atoms with Gasteiger partial charge in [-0.25, -0.2) is 0 Å². The summed E-state index contributed by atoms with van der Waals surface area (Å²) in [7, 11) is 0. The van der Waals surface area contributed by atoms with Crippen LogP contribution in [0.15, 0.2) is 0 Å². The van der Waals surface area contributed by atoms with E-state index in [4.69, 9.17) is 5.11 Å². The SMILES string of the molecule is CC(C)NC(=O)CCSCC1(CC(=O)O)CC1. The van der Waals surface area contributed by atoms with E-state index in [-0.39, 0.29) is 23.8 Å². The molecule has 17 heavy (non-hydrogen) atoms. The van der Waals surface area contributed by atoms with Gasteiger partial charge in [0.15, 0.2) is 0 Å². The number of carboxylic acids is 1. The molecule has 0 spiro atoms. The molecule has 0 bridgehead atoms. The van der Waals surface area contributed by atoms with Crippen molar-refractivity contribution < 1.29 is 14.7 Å². The van der Waals surface area contributed by atoms with Crippen LogP contribution in [-0.2, 0) is 9.59 Å². The molecule has 0 aromatic rings. The van der Waals surface area contributed by atoms with Gasteiger partial charge in [0.05, 0.1) is 6.42 Å². The van der Waals surface area contributed by atoms with Crippen LogP contribution in [0.3, 0.4) is 0 Å². The van der Waals surface area contributed by atoms with Gasteiger partial charge in [-0.3, -0.25) is 9.59 Å². The zero-order valence-corrected chi connectivity index (χ0v) is 11.3. The Hall–Kier alpha value is -0.710. The van der Waals surface area contributed by atoms with Gasteiger partial charge in [0, 0.05) is 18.2 Å². The fraction of sp³-hybridized carbons (Fsp3) is 0.833. The number of amides is 1. The van der Waals surface area contributed by atoms with E-state index in [1.165, 1.54) is 0 Å². The Morgan fingerprint density at radius 3 is 2.53 bits per heavy atom. The van der Waals surface area contributed by atoms with Gasteiger partial charge in [-0.1, -0.05) is 0 Å². The van der Waals surface area contributed by atoms with Gasteiger partial charge in [-0.05, 0) is 37.9 Å². The number of aliphatic carboxylic acids is 1. The van der Waals surface area contributed by atoms with Crippen LogP contribution in [0.2, 0.25) is 0 Å². The fourth-order valence-electron chi connectivity index (χ4n) is 1.72. The average Bonchev–Trinajstić information content (AvgIpc) is 2.91. The van der Waals surface area contributed by atoms with Gasteiger partial charge in [-0.2, -0.15) is 11.8 Å². The minimum Gasteiger partial charge on any atom is -0.481 e. The molecule has 98 valence electrons. The summed E-state index contributed by atoms with van der Waals surface area (Å²) < 4.78 is 0. The third-order valence-corrected chi connectivity index (χ3v) is 4.12. The molecule has 0 saturated heterocycles. The second-order valence-electron chi connectivity index (χ2n) is 5.10. The molecule has 1 aliphatic rings. The molecule has 1 fully saturated rings. The Kier molecular flexibility index (Phi) is 5.31. The summed E-state index contributed by atoms with van der Waals surface area (Å²) >= 11 is 1.70. The molecule has 1 aliphatic carbocycles. The molecule has 1 rings (SSSR count). The number of hydrogen-bond donors (Lipinski definition) is 2. The summed E-state index contributed by atoms with van der Waals surface area (Å²) in [6.07, 6.45) is 2.83. The van der Waals surface area contributed by atoms with Crippen LogP contribution in [0.5, 0.6) is 0 Å². The van der Waals surface area contributed by atoms with Gasteiger partial charge in [0.2, 0.25) is 5.91 Å². The van der Waals surface area contributed by atoms with Crippen molar-refractivity contribution in [2.75, 3.05) is 11.5 Å². The lowest BCUT2D eigenvalue weighted by Crippen LogP contribution is -2.30. The number of carboxylic acid groups (broad SMARTS) is 1. The van der Waals surface area contributed by atoms with E-state index in [9.17, 15) is 9.59 Å². The first-order valence-electron chi connectivity index (χ1n) is 6.02. The van der Waals surface area contributed by atoms with Crippen LogP contribution < -0.4 is 5.32 Å². The highest BCUT2D eigenvalue weighted by molar-refractivity contribution is 7.99. The van der Waals surface area contributed by atoms with Gasteiger partial charge < -0.3 is 10.4 Å². The lowest BCUT2D eigenvalue weighted by atomic mass is 10.1. The van der Waals surface area contributed by atoms with E-state index in [1.807, 2.05) is 13.8 Å². The van der Waals surface area contributed by atoms with Crippen LogP contribution in [0.4, 0.5) is 0 Å². The van der Waals surface area contributed by atoms with Gasteiger partial charge in [-0.15, -0.1) is 0 Å². The zero-order chi connectivity index (χ0) is 12.9. The van der Waals surface area contributed by atoms with E-state index < -0.39 is 5.97 Å². The molecule has 5 heteroatoms. The van der Waals surface area contributed by atoms with Gasteiger partial charge in [0.1, 0.15) is 0 Å². The number of nitrogens with one attached hydrogen (secondary N) is 1. The number of thioether (sulfide) groups is 1. The maximum atomic E-state index is 11.4. The van der Waals surface area contributed by atoms with Gasteiger partial charge >= 0.3 is 5.97 Å². The summed E-state index contributed by atoms with van der Waals surface area (Å²) in [6.45, 7) is 3.88. The predicted molar refractivity (Wildman–Crippen MR) is 69.1 cm³/mol. The molecule has 0 atom stereocenters. The quantitative estimate of drug-likeness (QED) is 0.653. The Bertz CT molecular complexity index is 287. The Morgan fingerprint density at radius 2 is 2.06 bits per heavy atom. The predicted octanol–water partition coefficient (Wildman–Crippen LogP) is 1.89. The number of hydrogen-bond acceptors (Lipinski definition) is 3. The third kappa shape index (κ3) is 5.96. The molecule has 0 heterocycles. The van der Waals surface area contributed by atoms with Crippen molar-refractivity contribution in [1.29, 1.82) is 0 Å². The summed E-state index contributed by atoms with van der Waals surface area (Å²) in [6, 6.07) is 0.189. The number of carbonyl (C=O) groups excluding carboxylic acids is 1. The Labute approximate surface area is 107 Å². The molecule has 2 N–H and O–H groups in total.